The molecule has 21 heavy (non-hydrogen) atoms. The largest absolute Gasteiger partial charge is 0.373 e. The number of pyridine rings is 1. The first-order valence-electron chi connectivity index (χ1n) is 6.70. The molecule has 0 saturated carbocycles. The molecule has 5 nitrogen and oxygen atoms in total. The summed E-state index contributed by atoms with van der Waals surface area (Å²) in [5.74, 6) is 0.519. The first-order valence-corrected chi connectivity index (χ1v) is 8.14. The maximum absolute atomic E-state index is 12.6. The molecule has 2 aromatic rings. The third-order valence-corrected chi connectivity index (χ3v) is 5.14. The molecule has 1 heterocycles. The summed E-state index contributed by atoms with van der Waals surface area (Å²) in [6.45, 7) is 2.06. The lowest BCUT2D eigenvalue weighted by Crippen LogP contribution is -2.26. The van der Waals surface area contributed by atoms with E-state index in [0.717, 1.165) is 6.42 Å². The van der Waals surface area contributed by atoms with Crippen LogP contribution in [0.25, 0.3) is 0 Å². The number of aromatic nitrogens is 1. The minimum atomic E-state index is -3.59. The number of nitrogens with zero attached hydrogens (tertiary/aromatic N) is 2. The highest BCUT2D eigenvalue weighted by Crippen LogP contribution is 2.23. The average molecular weight is 305 g/mol. The SMILES string of the molecule is CCc1ccc(N(C)S(=O)(=O)c2ccnc(NC)c2)cc1. The van der Waals surface area contributed by atoms with Gasteiger partial charge in [-0.05, 0) is 30.2 Å². The first kappa shape index (κ1) is 15.3. The second kappa shape index (κ2) is 6.13. The van der Waals surface area contributed by atoms with Crippen molar-refractivity contribution < 1.29 is 8.42 Å². The van der Waals surface area contributed by atoms with Crippen LogP contribution < -0.4 is 9.62 Å². The first-order chi connectivity index (χ1) is 9.98. The Morgan fingerprint density at radius 1 is 1.19 bits per heavy atom. The Hall–Kier alpha value is -2.08. The van der Waals surface area contributed by atoms with Gasteiger partial charge in [-0.3, -0.25) is 4.31 Å². The van der Waals surface area contributed by atoms with E-state index in [0.29, 0.717) is 11.5 Å². The molecule has 1 aromatic heterocycles. The molecule has 6 heteroatoms. The third kappa shape index (κ3) is 3.16. The topological polar surface area (TPSA) is 62.3 Å². The minimum absolute atomic E-state index is 0.212. The summed E-state index contributed by atoms with van der Waals surface area (Å²) in [6.07, 6.45) is 2.40. The van der Waals surface area contributed by atoms with Crippen LogP contribution in [0.5, 0.6) is 0 Å². The Morgan fingerprint density at radius 2 is 1.86 bits per heavy atom. The van der Waals surface area contributed by atoms with Crippen LogP contribution in [0.4, 0.5) is 11.5 Å². The van der Waals surface area contributed by atoms with Crippen molar-refractivity contribution in [1.82, 2.24) is 4.98 Å². The van der Waals surface area contributed by atoms with E-state index in [2.05, 4.69) is 17.2 Å². The Balaban J connectivity index is 2.37. The fraction of sp³-hybridized carbons (Fsp3) is 0.267. The number of hydrogen-bond donors (Lipinski definition) is 1. The number of rotatable bonds is 5. The third-order valence-electron chi connectivity index (χ3n) is 3.35. The predicted molar refractivity (Wildman–Crippen MR) is 85.2 cm³/mol. The van der Waals surface area contributed by atoms with Gasteiger partial charge in [0.05, 0.1) is 10.6 Å². The number of sulfonamides is 1. The quantitative estimate of drug-likeness (QED) is 0.922. The molecular formula is C15H19N3O2S. The molecule has 0 aliphatic carbocycles. The van der Waals surface area contributed by atoms with Gasteiger partial charge >= 0.3 is 0 Å². The molecule has 112 valence electrons. The minimum Gasteiger partial charge on any atom is -0.373 e. The molecule has 1 aromatic carbocycles. The van der Waals surface area contributed by atoms with Crippen molar-refractivity contribution in [2.45, 2.75) is 18.2 Å². The van der Waals surface area contributed by atoms with Gasteiger partial charge in [-0.1, -0.05) is 19.1 Å². The van der Waals surface area contributed by atoms with Crippen LogP contribution in [0.15, 0.2) is 47.5 Å². The Morgan fingerprint density at radius 3 is 2.43 bits per heavy atom. The highest BCUT2D eigenvalue weighted by molar-refractivity contribution is 7.92. The van der Waals surface area contributed by atoms with Crippen molar-refractivity contribution >= 4 is 21.5 Å². The molecule has 0 bridgehead atoms. The van der Waals surface area contributed by atoms with E-state index < -0.39 is 10.0 Å². The van der Waals surface area contributed by atoms with Gasteiger partial charge < -0.3 is 5.32 Å². The molecule has 0 aliphatic heterocycles. The van der Waals surface area contributed by atoms with E-state index in [4.69, 9.17) is 0 Å². The molecule has 2 rings (SSSR count). The monoisotopic (exact) mass is 305 g/mol. The van der Waals surface area contributed by atoms with E-state index in [1.807, 2.05) is 24.3 Å². The fourth-order valence-corrected chi connectivity index (χ4v) is 3.16. The van der Waals surface area contributed by atoms with Crippen molar-refractivity contribution in [1.29, 1.82) is 0 Å². The average Bonchev–Trinajstić information content (AvgIpc) is 2.54. The van der Waals surface area contributed by atoms with Crippen LogP contribution in [-0.4, -0.2) is 27.5 Å². The Kier molecular flexibility index (Phi) is 4.47. The summed E-state index contributed by atoms with van der Waals surface area (Å²) in [5, 5.41) is 2.84. The van der Waals surface area contributed by atoms with E-state index in [-0.39, 0.29) is 4.90 Å². The number of aryl methyl sites for hydroxylation is 1. The van der Waals surface area contributed by atoms with Crippen LogP contribution >= 0.6 is 0 Å². The lowest BCUT2D eigenvalue weighted by molar-refractivity contribution is 0.594. The van der Waals surface area contributed by atoms with Crippen molar-refractivity contribution in [3.05, 3.63) is 48.2 Å². The normalized spacial score (nSPS) is 11.2. The molecule has 0 unspecified atom stereocenters. The van der Waals surface area contributed by atoms with Gasteiger partial charge in [0.2, 0.25) is 0 Å². The second-order valence-electron chi connectivity index (χ2n) is 4.62. The molecule has 0 radical (unpaired) electrons. The van der Waals surface area contributed by atoms with Gasteiger partial charge in [-0.2, -0.15) is 0 Å². The van der Waals surface area contributed by atoms with Crippen molar-refractivity contribution in [2.75, 3.05) is 23.7 Å². The number of hydrogen-bond acceptors (Lipinski definition) is 4. The van der Waals surface area contributed by atoms with Gasteiger partial charge in [-0.25, -0.2) is 13.4 Å². The molecule has 1 N–H and O–H groups in total. The van der Waals surface area contributed by atoms with Crippen molar-refractivity contribution in [2.24, 2.45) is 0 Å². The fourth-order valence-electron chi connectivity index (χ4n) is 1.95. The summed E-state index contributed by atoms with van der Waals surface area (Å²) in [7, 11) is -0.339. The van der Waals surface area contributed by atoms with Crippen LogP contribution in [0, 0.1) is 0 Å². The van der Waals surface area contributed by atoms with E-state index in [1.165, 1.54) is 28.2 Å². The summed E-state index contributed by atoms with van der Waals surface area (Å²) in [6, 6.07) is 10.5. The number of anilines is 2. The van der Waals surface area contributed by atoms with Crippen LogP contribution in [0.1, 0.15) is 12.5 Å². The molecule has 0 spiro atoms. The van der Waals surface area contributed by atoms with Gasteiger partial charge in [0.25, 0.3) is 10.0 Å². The van der Waals surface area contributed by atoms with Crippen molar-refractivity contribution in [3.8, 4) is 0 Å². The zero-order valence-electron chi connectivity index (χ0n) is 12.4. The lowest BCUT2D eigenvalue weighted by Gasteiger charge is -2.20. The molecule has 0 aliphatic rings. The van der Waals surface area contributed by atoms with Gasteiger partial charge in [0.1, 0.15) is 5.82 Å². The van der Waals surface area contributed by atoms with Gasteiger partial charge in [0.15, 0.2) is 0 Å². The molecule has 0 amide bonds. The van der Waals surface area contributed by atoms with Crippen LogP contribution in [-0.2, 0) is 16.4 Å². The molecule has 0 fully saturated rings. The highest BCUT2D eigenvalue weighted by Gasteiger charge is 2.21. The van der Waals surface area contributed by atoms with E-state index >= 15 is 0 Å². The summed E-state index contributed by atoms with van der Waals surface area (Å²) >= 11 is 0. The smallest absolute Gasteiger partial charge is 0.264 e. The van der Waals surface area contributed by atoms with Crippen molar-refractivity contribution in [3.63, 3.8) is 0 Å². The molecular weight excluding hydrogens is 286 g/mol. The predicted octanol–water partition coefficient (Wildman–Crippen LogP) is 2.51. The second-order valence-corrected chi connectivity index (χ2v) is 6.59. The Labute approximate surface area is 125 Å². The maximum atomic E-state index is 12.6. The number of benzene rings is 1. The van der Waals surface area contributed by atoms with E-state index in [9.17, 15) is 8.42 Å². The zero-order chi connectivity index (χ0) is 15.5. The standard InChI is InChI=1S/C15H19N3O2S/c1-4-12-5-7-13(8-6-12)18(3)21(19,20)14-9-10-17-15(11-14)16-2/h5-11H,4H2,1-3H3,(H,16,17). The van der Waals surface area contributed by atoms with E-state index in [1.54, 1.807) is 14.1 Å². The summed E-state index contributed by atoms with van der Waals surface area (Å²) in [4.78, 5) is 4.24. The lowest BCUT2D eigenvalue weighted by atomic mass is 10.1. The number of nitrogens with one attached hydrogen (secondary N) is 1. The Bertz CT molecular complexity index is 712. The van der Waals surface area contributed by atoms with Crippen LogP contribution in [0.3, 0.4) is 0 Å². The highest BCUT2D eigenvalue weighted by atomic mass is 32.2. The maximum Gasteiger partial charge on any atom is 0.264 e. The van der Waals surface area contributed by atoms with Gasteiger partial charge in [0, 0.05) is 26.4 Å². The molecule has 0 atom stereocenters. The van der Waals surface area contributed by atoms with Crippen LogP contribution in [0.2, 0.25) is 0 Å². The summed E-state index contributed by atoms with van der Waals surface area (Å²) < 4.78 is 26.5. The zero-order valence-corrected chi connectivity index (χ0v) is 13.2. The van der Waals surface area contributed by atoms with Gasteiger partial charge in [-0.15, -0.1) is 0 Å². The molecule has 0 saturated heterocycles. The summed E-state index contributed by atoms with van der Waals surface area (Å²) in [5.41, 5.74) is 1.81.